The Morgan fingerprint density at radius 3 is 2.88 bits per heavy atom. The number of amides is 1. The van der Waals surface area contributed by atoms with Crippen LogP contribution in [0.2, 0.25) is 0 Å². The lowest BCUT2D eigenvalue weighted by molar-refractivity contribution is -0.120. The van der Waals surface area contributed by atoms with E-state index in [9.17, 15) is 4.79 Å². The van der Waals surface area contributed by atoms with Crippen molar-refractivity contribution in [2.45, 2.75) is 19.8 Å². The Morgan fingerprint density at radius 1 is 1.47 bits per heavy atom. The maximum absolute atomic E-state index is 11.0. The fraction of sp³-hybridized carbons (Fsp3) is 0.385. The van der Waals surface area contributed by atoms with Crippen LogP contribution in [0.25, 0.3) is 0 Å². The Morgan fingerprint density at radius 2 is 2.24 bits per heavy atom. The van der Waals surface area contributed by atoms with Crippen LogP contribution in [0.15, 0.2) is 18.2 Å². The summed E-state index contributed by atoms with van der Waals surface area (Å²) in [5, 5.41) is 14.8. The van der Waals surface area contributed by atoms with E-state index in [0.717, 1.165) is 17.7 Å². The smallest absolute Gasteiger partial charge is 0.219 e. The first-order chi connectivity index (χ1) is 8.19. The fourth-order valence-corrected chi connectivity index (χ4v) is 1.56. The number of anilines is 1. The second-order valence-corrected chi connectivity index (χ2v) is 3.81. The van der Waals surface area contributed by atoms with Gasteiger partial charge in [-0.3, -0.25) is 4.79 Å². The number of aryl methyl sites for hydroxylation is 1. The molecule has 0 spiro atoms. The van der Waals surface area contributed by atoms with Crippen molar-refractivity contribution in [3.63, 3.8) is 0 Å². The summed E-state index contributed by atoms with van der Waals surface area (Å²) in [5.41, 5.74) is 2.47. The summed E-state index contributed by atoms with van der Waals surface area (Å²) < 4.78 is 0. The van der Waals surface area contributed by atoms with E-state index in [0.29, 0.717) is 18.5 Å². The lowest BCUT2D eigenvalue weighted by Gasteiger charge is -2.09. The normalized spacial score (nSPS) is 9.47. The topological polar surface area (TPSA) is 64.9 Å². The summed E-state index contributed by atoms with van der Waals surface area (Å²) in [5.74, 6) is 0.0385. The molecule has 1 amide bonds. The van der Waals surface area contributed by atoms with Gasteiger partial charge in [0.1, 0.15) is 6.07 Å². The van der Waals surface area contributed by atoms with E-state index >= 15 is 0 Å². The molecule has 0 saturated heterocycles. The molecule has 0 unspecified atom stereocenters. The number of nitriles is 1. The predicted octanol–water partition coefficient (Wildman–Crippen LogP) is 1.80. The number of carbonyl (C=O) groups is 1. The van der Waals surface area contributed by atoms with Crippen LogP contribution in [-0.4, -0.2) is 19.5 Å². The van der Waals surface area contributed by atoms with E-state index in [-0.39, 0.29) is 5.91 Å². The zero-order valence-corrected chi connectivity index (χ0v) is 10.2. The molecule has 17 heavy (non-hydrogen) atoms. The molecule has 0 aliphatic heterocycles. The summed E-state index contributed by atoms with van der Waals surface area (Å²) >= 11 is 0. The van der Waals surface area contributed by atoms with Crippen LogP contribution in [0.3, 0.4) is 0 Å². The summed E-state index contributed by atoms with van der Waals surface area (Å²) in [6, 6.07) is 7.89. The molecule has 1 aromatic rings. The maximum atomic E-state index is 11.0. The van der Waals surface area contributed by atoms with Gasteiger partial charge >= 0.3 is 0 Å². The lowest BCUT2D eigenvalue weighted by atomic mass is 10.1. The molecule has 0 aliphatic carbocycles. The van der Waals surface area contributed by atoms with Gasteiger partial charge in [0.2, 0.25) is 5.91 Å². The summed E-state index contributed by atoms with van der Waals surface area (Å²) in [6.07, 6.45) is 1.25. The van der Waals surface area contributed by atoms with Gasteiger partial charge in [0.05, 0.1) is 11.3 Å². The van der Waals surface area contributed by atoms with Gasteiger partial charge in [0, 0.05) is 20.0 Å². The molecule has 1 aromatic carbocycles. The quantitative estimate of drug-likeness (QED) is 0.759. The highest BCUT2D eigenvalue weighted by atomic mass is 16.1. The van der Waals surface area contributed by atoms with Crippen molar-refractivity contribution >= 4 is 11.6 Å². The van der Waals surface area contributed by atoms with E-state index in [1.165, 1.54) is 0 Å². The van der Waals surface area contributed by atoms with Crippen LogP contribution in [0.5, 0.6) is 0 Å². The number of benzene rings is 1. The molecule has 0 saturated carbocycles. The van der Waals surface area contributed by atoms with Crippen molar-refractivity contribution < 1.29 is 4.79 Å². The number of hydrogen-bond donors (Lipinski definition) is 2. The molecule has 0 heterocycles. The van der Waals surface area contributed by atoms with Crippen LogP contribution >= 0.6 is 0 Å². The minimum absolute atomic E-state index is 0.0385. The second-order valence-electron chi connectivity index (χ2n) is 3.81. The zero-order chi connectivity index (χ0) is 12.7. The standard InChI is InChI=1S/C13H17N3O/c1-10-5-3-6-12(11(10)9-14)16-8-4-7-13(17)15-2/h3,5-6,16H,4,7-8H2,1-2H3,(H,15,17). The largest absolute Gasteiger partial charge is 0.384 e. The third kappa shape index (κ3) is 3.80. The van der Waals surface area contributed by atoms with E-state index in [4.69, 9.17) is 5.26 Å². The van der Waals surface area contributed by atoms with Gasteiger partial charge in [-0.1, -0.05) is 12.1 Å². The molecule has 90 valence electrons. The molecule has 0 fully saturated rings. The highest BCUT2D eigenvalue weighted by Gasteiger charge is 2.04. The van der Waals surface area contributed by atoms with Crippen LogP contribution in [0.4, 0.5) is 5.69 Å². The highest BCUT2D eigenvalue weighted by Crippen LogP contribution is 2.18. The van der Waals surface area contributed by atoms with E-state index in [1.807, 2.05) is 25.1 Å². The monoisotopic (exact) mass is 231 g/mol. The molecule has 0 atom stereocenters. The van der Waals surface area contributed by atoms with Crippen molar-refractivity contribution in [2.24, 2.45) is 0 Å². The lowest BCUT2D eigenvalue weighted by Crippen LogP contribution is -2.18. The maximum Gasteiger partial charge on any atom is 0.219 e. The molecule has 0 aliphatic rings. The Labute approximate surface area is 102 Å². The SMILES string of the molecule is CNC(=O)CCCNc1cccc(C)c1C#N. The highest BCUT2D eigenvalue weighted by molar-refractivity contribution is 5.75. The third-order valence-electron chi connectivity index (χ3n) is 2.56. The van der Waals surface area contributed by atoms with Crippen LogP contribution < -0.4 is 10.6 Å². The molecule has 0 aromatic heterocycles. The Balaban J connectivity index is 2.50. The Hall–Kier alpha value is -2.02. The van der Waals surface area contributed by atoms with E-state index in [1.54, 1.807) is 7.05 Å². The van der Waals surface area contributed by atoms with Gasteiger partial charge in [-0.25, -0.2) is 0 Å². The number of carbonyl (C=O) groups excluding carboxylic acids is 1. The van der Waals surface area contributed by atoms with E-state index < -0.39 is 0 Å². The van der Waals surface area contributed by atoms with Gasteiger partial charge in [0.25, 0.3) is 0 Å². The first-order valence-corrected chi connectivity index (χ1v) is 5.63. The van der Waals surface area contributed by atoms with Crippen molar-refractivity contribution in [3.05, 3.63) is 29.3 Å². The van der Waals surface area contributed by atoms with Gasteiger partial charge in [-0.05, 0) is 25.0 Å². The van der Waals surface area contributed by atoms with Crippen LogP contribution in [0.1, 0.15) is 24.0 Å². The Bertz CT molecular complexity index is 435. The first-order valence-electron chi connectivity index (χ1n) is 5.63. The van der Waals surface area contributed by atoms with Crippen molar-refractivity contribution in [3.8, 4) is 6.07 Å². The number of nitrogens with zero attached hydrogens (tertiary/aromatic N) is 1. The predicted molar refractivity (Wildman–Crippen MR) is 67.7 cm³/mol. The summed E-state index contributed by atoms with van der Waals surface area (Å²) in [6.45, 7) is 2.60. The Kier molecular flexibility index (Phi) is 5.02. The molecule has 4 heteroatoms. The van der Waals surface area contributed by atoms with Crippen LogP contribution in [-0.2, 0) is 4.79 Å². The van der Waals surface area contributed by atoms with Gasteiger partial charge in [0.15, 0.2) is 0 Å². The van der Waals surface area contributed by atoms with Crippen molar-refractivity contribution in [1.29, 1.82) is 5.26 Å². The molecule has 0 radical (unpaired) electrons. The van der Waals surface area contributed by atoms with Gasteiger partial charge in [-0.15, -0.1) is 0 Å². The molecule has 2 N–H and O–H groups in total. The number of hydrogen-bond acceptors (Lipinski definition) is 3. The first kappa shape index (κ1) is 13.0. The summed E-state index contributed by atoms with van der Waals surface area (Å²) in [7, 11) is 1.63. The van der Waals surface area contributed by atoms with Crippen molar-refractivity contribution in [2.75, 3.05) is 18.9 Å². The third-order valence-corrected chi connectivity index (χ3v) is 2.56. The second kappa shape index (κ2) is 6.54. The average molecular weight is 231 g/mol. The van der Waals surface area contributed by atoms with E-state index in [2.05, 4.69) is 16.7 Å². The summed E-state index contributed by atoms with van der Waals surface area (Å²) in [4.78, 5) is 11.0. The van der Waals surface area contributed by atoms with Gasteiger partial charge in [-0.2, -0.15) is 5.26 Å². The minimum Gasteiger partial charge on any atom is -0.384 e. The fourth-order valence-electron chi connectivity index (χ4n) is 1.56. The molecular formula is C13H17N3O. The number of rotatable bonds is 5. The van der Waals surface area contributed by atoms with Crippen molar-refractivity contribution in [1.82, 2.24) is 5.32 Å². The van der Waals surface area contributed by atoms with Crippen LogP contribution in [0, 0.1) is 18.3 Å². The minimum atomic E-state index is 0.0385. The molecule has 4 nitrogen and oxygen atoms in total. The molecular weight excluding hydrogens is 214 g/mol. The molecule has 1 rings (SSSR count). The number of nitrogens with one attached hydrogen (secondary N) is 2. The molecule has 0 bridgehead atoms. The average Bonchev–Trinajstić information content (AvgIpc) is 2.34. The van der Waals surface area contributed by atoms with Gasteiger partial charge < -0.3 is 10.6 Å². The zero-order valence-electron chi connectivity index (χ0n) is 10.2.